The zero-order chi connectivity index (χ0) is 29.1. The van der Waals surface area contributed by atoms with Crippen molar-refractivity contribution < 1.29 is 0 Å². The molecule has 1 nitrogen and oxygen atoms in total. The van der Waals surface area contributed by atoms with Crippen LogP contribution in [0.15, 0.2) is 66.7 Å². The van der Waals surface area contributed by atoms with Crippen LogP contribution in [0, 0.1) is 6.92 Å². The molecule has 0 bridgehead atoms. The maximum Gasteiger partial charge on any atom is 0.0606 e. The summed E-state index contributed by atoms with van der Waals surface area (Å²) in [6.07, 6.45) is 23.2. The number of hydrogen-bond donors (Lipinski definition) is 1. The second kappa shape index (κ2) is 13.3. The minimum atomic E-state index is -0.193. The Morgan fingerprint density at radius 2 is 0.930 bits per heavy atom. The van der Waals surface area contributed by atoms with Crippen LogP contribution in [-0.4, -0.2) is 12.6 Å². The van der Waals surface area contributed by atoms with Gasteiger partial charge in [0, 0.05) is 6.04 Å². The molecule has 228 valence electrons. The SMILES string of the molecule is Cc1cc(C2CCCCC2)ccc1C(c1ccc(C2CCCCC2)cc1)(c1ccc(C2CCCCC2)cc1)C1CCCN1. The molecule has 3 aromatic carbocycles. The van der Waals surface area contributed by atoms with Gasteiger partial charge in [0.15, 0.2) is 0 Å². The van der Waals surface area contributed by atoms with Crippen molar-refractivity contribution in [1.29, 1.82) is 0 Å². The smallest absolute Gasteiger partial charge is 0.0606 e. The normalized spacial score (nSPS) is 23.0. The molecule has 4 aliphatic rings. The first-order valence-electron chi connectivity index (χ1n) is 18.3. The maximum atomic E-state index is 4.05. The Bertz CT molecular complexity index is 1250. The van der Waals surface area contributed by atoms with Crippen LogP contribution >= 0.6 is 0 Å². The Kier molecular flexibility index (Phi) is 9.08. The van der Waals surface area contributed by atoms with Crippen molar-refractivity contribution in [3.8, 4) is 0 Å². The summed E-state index contributed by atoms with van der Waals surface area (Å²) in [5.74, 6) is 2.23. The van der Waals surface area contributed by atoms with Crippen LogP contribution in [0.1, 0.15) is 166 Å². The summed E-state index contributed by atoms with van der Waals surface area (Å²) in [4.78, 5) is 0. The van der Waals surface area contributed by atoms with Gasteiger partial charge in [-0.3, -0.25) is 0 Å². The standard InChI is InChI=1S/C42H55N/c1-31-30-37(34-16-9-4-10-17-34)23-28-40(31)42(41-18-11-29-43-41,38-24-19-35(20-25-38)32-12-5-2-6-13-32)39-26-21-36(22-27-39)33-14-7-3-8-15-33/h19-28,30,32-34,41,43H,2-18,29H2,1H3. The zero-order valence-corrected chi connectivity index (χ0v) is 26.9. The third-order valence-electron chi connectivity index (χ3n) is 12.2. The first-order chi connectivity index (χ1) is 21.2. The molecule has 1 atom stereocenters. The first kappa shape index (κ1) is 29.3. The van der Waals surface area contributed by atoms with Crippen LogP contribution in [0.5, 0.6) is 0 Å². The van der Waals surface area contributed by atoms with E-state index in [9.17, 15) is 0 Å². The summed E-state index contributed by atoms with van der Waals surface area (Å²) in [5.41, 5.74) is 10.5. The average Bonchev–Trinajstić information content (AvgIpc) is 3.63. The molecule has 1 unspecified atom stereocenters. The Balaban J connectivity index is 1.35. The highest BCUT2D eigenvalue weighted by Crippen LogP contribution is 2.48. The van der Waals surface area contributed by atoms with Crippen molar-refractivity contribution in [3.05, 3.63) is 106 Å². The van der Waals surface area contributed by atoms with Gasteiger partial charge in [0.2, 0.25) is 0 Å². The summed E-state index contributed by atoms with van der Waals surface area (Å²) >= 11 is 0. The lowest BCUT2D eigenvalue weighted by Crippen LogP contribution is -2.47. The molecule has 0 radical (unpaired) electrons. The minimum Gasteiger partial charge on any atom is -0.312 e. The highest BCUT2D eigenvalue weighted by atomic mass is 15.0. The van der Waals surface area contributed by atoms with Crippen LogP contribution in [0.3, 0.4) is 0 Å². The maximum absolute atomic E-state index is 4.05. The van der Waals surface area contributed by atoms with E-state index in [0.717, 1.165) is 24.3 Å². The van der Waals surface area contributed by atoms with Crippen molar-refractivity contribution in [2.75, 3.05) is 6.54 Å². The van der Waals surface area contributed by atoms with E-state index in [2.05, 4.69) is 79.0 Å². The van der Waals surface area contributed by atoms with E-state index < -0.39 is 0 Å². The predicted molar refractivity (Wildman–Crippen MR) is 182 cm³/mol. The van der Waals surface area contributed by atoms with Gasteiger partial charge in [0.05, 0.1) is 5.41 Å². The van der Waals surface area contributed by atoms with Gasteiger partial charge in [-0.05, 0) is 122 Å². The molecule has 1 heterocycles. The van der Waals surface area contributed by atoms with Gasteiger partial charge in [0.25, 0.3) is 0 Å². The van der Waals surface area contributed by atoms with Gasteiger partial charge in [-0.1, -0.05) is 125 Å². The summed E-state index contributed by atoms with van der Waals surface area (Å²) < 4.78 is 0. The van der Waals surface area contributed by atoms with Crippen molar-refractivity contribution in [2.24, 2.45) is 0 Å². The van der Waals surface area contributed by atoms with Gasteiger partial charge in [-0.25, -0.2) is 0 Å². The molecule has 0 aromatic heterocycles. The van der Waals surface area contributed by atoms with Crippen LogP contribution in [0.4, 0.5) is 0 Å². The van der Waals surface area contributed by atoms with E-state index in [1.54, 1.807) is 16.7 Å². The second-order valence-electron chi connectivity index (χ2n) is 14.8. The third kappa shape index (κ3) is 5.88. The van der Waals surface area contributed by atoms with Crippen molar-refractivity contribution in [1.82, 2.24) is 5.32 Å². The van der Waals surface area contributed by atoms with E-state index in [4.69, 9.17) is 0 Å². The van der Waals surface area contributed by atoms with Gasteiger partial charge in [-0.2, -0.15) is 0 Å². The zero-order valence-electron chi connectivity index (χ0n) is 26.9. The van der Waals surface area contributed by atoms with Gasteiger partial charge < -0.3 is 5.32 Å². The Hall–Kier alpha value is -2.38. The minimum absolute atomic E-state index is 0.193. The van der Waals surface area contributed by atoms with Crippen LogP contribution in [-0.2, 0) is 5.41 Å². The molecule has 1 aliphatic heterocycles. The summed E-state index contributed by atoms with van der Waals surface area (Å²) in [5, 5.41) is 4.05. The first-order valence-corrected chi connectivity index (χ1v) is 18.3. The van der Waals surface area contributed by atoms with Crippen LogP contribution in [0.2, 0.25) is 0 Å². The number of aryl methyl sites for hydroxylation is 1. The molecule has 3 aliphatic carbocycles. The predicted octanol–water partition coefficient (Wildman–Crippen LogP) is 11.2. The van der Waals surface area contributed by atoms with Gasteiger partial charge in [-0.15, -0.1) is 0 Å². The fourth-order valence-electron chi connectivity index (χ4n) is 9.85. The topological polar surface area (TPSA) is 12.0 Å². The van der Waals surface area contributed by atoms with Gasteiger partial charge in [0.1, 0.15) is 0 Å². The van der Waals surface area contributed by atoms with Crippen molar-refractivity contribution >= 4 is 0 Å². The van der Waals surface area contributed by atoms with E-state index in [0.29, 0.717) is 6.04 Å². The fraction of sp³-hybridized carbons (Fsp3) is 0.571. The Labute approximate surface area is 262 Å². The lowest BCUT2D eigenvalue weighted by Gasteiger charge is -2.43. The van der Waals surface area contributed by atoms with E-state index in [1.165, 1.54) is 131 Å². The molecule has 1 heteroatoms. The monoisotopic (exact) mass is 573 g/mol. The van der Waals surface area contributed by atoms with E-state index in [-0.39, 0.29) is 5.41 Å². The third-order valence-corrected chi connectivity index (χ3v) is 12.2. The second-order valence-corrected chi connectivity index (χ2v) is 14.8. The highest BCUT2D eigenvalue weighted by Gasteiger charge is 2.46. The molecule has 0 spiro atoms. The average molecular weight is 574 g/mol. The van der Waals surface area contributed by atoms with Crippen molar-refractivity contribution in [3.63, 3.8) is 0 Å². The summed E-state index contributed by atoms with van der Waals surface area (Å²) in [7, 11) is 0. The number of rotatable bonds is 7. The molecular formula is C42H55N. The fourth-order valence-corrected chi connectivity index (χ4v) is 9.85. The molecule has 7 rings (SSSR count). The Morgan fingerprint density at radius 1 is 0.488 bits per heavy atom. The highest BCUT2D eigenvalue weighted by molar-refractivity contribution is 5.57. The lowest BCUT2D eigenvalue weighted by molar-refractivity contribution is 0.428. The largest absolute Gasteiger partial charge is 0.312 e. The molecule has 4 fully saturated rings. The molecule has 3 aromatic rings. The quantitative estimate of drug-likeness (QED) is 0.277. The van der Waals surface area contributed by atoms with Gasteiger partial charge >= 0.3 is 0 Å². The molecule has 3 saturated carbocycles. The lowest BCUT2D eigenvalue weighted by atomic mass is 9.62. The molecule has 1 N–H and O–H groups in total. The molecule has 0 amide bonds. The molecule has 43 heavy (non-hydrogen) atoms. The molecule has 1 saturated heterocycles. The number of hydrogen-bond acceptors (Lipinski definition) is 1. The molecular weight excluding hydrogens is 518 g/mol. The number of benzene rings is 3. The van der Waals surface area contributed by atoms with Crippen LogP contribution < -0.4 is 5.32 Å². The number of nitrogens with one attached hydrogen (secondary N) is 1. The van der Waals surface area contributed by atoms with E-state index >= 15 is 0 Å². The van der Waals surface area contributed by atoms with Crippen molar-refractivity contribution in [2.45, 2.75) is 145 Å². The van der Waals surface area contributed by atoms with Crippen LogP contribution in [0.25, 0.3) is 0 Å². The van der Waals surface area contributed by atoms with E-state index in [1.807, 2.05) is 0 Å². The summed E-state index contributed by atoms with van der Waals surface area (Å²) in [6.45, 7) is 3.53. The summed E-state index contributed by atoms with van der Waals surface area (Å²) in [6, 6.07) is 28.2. The Morgan fingerprint density at radius 3 is 1.35 bits per heavy atom.